The third kappa shape index (κ3) is 2.83. The summed E-state index contributed by atoms with van der Waals surface area (Å²) in [6, 6.07) is 3.63. The molecule has 0 bridgehead atoms. The first-order chi connectivity index (χ1) is 7.99. The molecule has 1 unspecified atom stereocenters. The van der Waals surface area contributed by atoms with Crippen molar-refractivity contribution in [2.45, 2.75) is 45.1 Å². The fraction of sp³-hybridized carbons (Fsp3) is 0.571. The van der Waals surface area contributed by atoms with E-state index in [0.717, 1.165) is 18.9 Å². The zero-order chi connectivity index (χ0) is 12.5. The van der Waals surface area contributed by atoms with Crippen LogP contribution in [0.3, 0.4) is 0 Å². The van der Waals surface area contributed by atoms with Crippen LogP contribution in [0.4, 0.5) is 8.78 Å². The molecular weight excluding hydrogens is 220 g/mol. The minimum Gasteiger partial charge on any atom is -0.327 e. The van der Waals surface area contributed by atoms with E-state index < -0.39 is 11.6 Å². The Hall–Kier alpha value is -0.960. The molecule has 2 rings (SSSR count). The Morgan fingerprint density at radius 3 is 2.24 bits per heavy atom. The van der Waals surface area contributed by atoms with Crippen LogP contribution in [-0.4, -0.2) is 6.04 Å². The van der Waals surface area contributed by atoms with Crippen LogP contribution in [0.2, 0.25) is 0 Å². The lowest BCUT2D eigenvalue weighted by molar-refractivity contribution is 0.260. The van der Waals surface area contributed by atoms with E-state index in [-0.39, 0.29) is 11.5 Å². The smallest absolute Gasteiger partial charge is 0.126 e. The van der Waals surface area contributed by atoms with Crippen LogP contribution in [0.5, 0.6) is 0 Å². The lowest BCUT2D eigenvalue weighted by Crippen LogP contribution is -2.39. The molecule has 1 aliphatic rings. The predicted molar refractivity (Wildman–Crippen MR) is 64.6 cm³/mol. The number of nitrogens with two attached hydrogens (primary N) is 1. The van der Waals surface area contributed by atoms with Crippen molar-refractivity contribution in [2.24, 2.45) is 11.1 Å². The maximum Gasteiger partial charge on any atom is 0.126 e. The van der Waals surface area contributed by atoms with E-state index >= 15 is 0 Å². The molecule has 1 saturated carbocycles. The number of hydrogen-bond acceptors (Lipinski definition) is 1. The Bertz CT molecular complexity index is 377. The molecule has 0 radical (unpaired) electrons. The standard InChI is InChI=1S/C14H19F2N/c1-14(4-2-3-5-14)13(17)8-10-6-11(15)9-12(16)7-10/h6-7,9,13H,2-5,8,17H2,1H3. The molecule has 0 aromatic heterocycles. The van der Waals surface area contributed by atoms with Gasteiger partial charge >= 0.3 is 0 Å². The summed E-state index contributed by atoms with van der Waals surface area (Å²) >= 11 is 0. The van der Waals surface area contributed by atoms with Crippen molar-refractivity contribution in [1.29, 1.82) is 0 Å². The minimum atomic E-state index is -0.524. The van der Waals surface area contributed by atoms with Crippen LogP contribution in [0, 0.1) is 17.0 Å². The maximum absolute atomic E-state index is 13.1. The molecule has 1 fully saturated rings. The van der Waals surface area contributed by atoms with Crippen LogP contribution in [-0.2, 0) is 6.42 Å². The minimum absolute atomic E-state index is 0.0220. The van der Waals surface area contributed by atoms with Crippen molar-refractivity contribution in [3.05, 3.63) is 35.4 Å². The van der Waals surface area contributed by atoms with E-state index in [0.29, 0.717) is 12.0 Å². The second-order valence-corrected chi connectivity index (χ2v) is 5.45. The van der Waals surface area contributed by atoms with Crippen molar-refractivity contribution in [2.75, 3.05) is 0 Å². The number of hydrogen-bond donors (Lipinski definition) is 1. The summed E-state index contributed by atoms with van der Waals surface area (Å²) in [5.41, 5.74) is 6.98. The van der Waals surface area contributed by atoms with E-state index in [4.69, 9.17) is 5.73 Å². The molecule has 1 aliphatic carbocycles. The maximum atomic E-state index is 13.1. The van der Waals surface area contributed by atoms with E-state index in [1.807, 2.05) is 0 Å². The Morgan fingerprint density at radius 1 is 1.18 bits per heavy atom. The molecule has 1 aromatic carbocycles. The van der Waals surface area contributed by atoms with Gasteiger partial charge in [0.1, 0.15) is 11.6 Å². The van der Waals surface area contributed by atoms with Crippen molar-refractivity contribution in [3.8, 4) is 0 Å². The third-order valence-corrected chi connectivity index (χ3v) is 4.02. The average molecular weight is 239 g/mol. The van der Waals surface area contributed by atoms with Gasteiger partial charge < -0.3 is 5.73 Å². The highest BCUT2D eigenvalue weighted by atomic mass is 19.1. The fourth-order valence-electron chi connectivity index (χ4n) is 2.78. The topological polar surface area (TPSA) is 26.0 Å². The van der Waals surface area contributed by atoms with Gasteiger partial charge in [-0.3, -0.25) is 0 Å². The summed E-state index contributed by atoms with van der Waals surface area (Å²) in [7, 11) is 0. The number of benzene rings is 1. The highest BCUT2D eigenvalue weighted by molar-refractivity contribution is 5.19. The molecule has 0 aliphatic heterocycles. The molecule has 17 heavy (non-hydrogen) atoms. The fourth-order valence-corrected chi connectivity index (χ4v) is 2.78. The Balaban J connectivity index is 2.09. The Morgan fingerprint density at radius 2 is 1.71 bits per heavy atom. The van der Waals surface area contributed by atoms with Crippen LogP contribution >= 0.6 is 0 Å². The summed E-state index contributed by atoms with van der Waals surface area (Å²) in [5, 5.41) is 0. The molecule has 0 saturated heterocycles. The van der Waals surface area contributed by atoms with Gasteiger partial charge in [-0.2, -0.15) is 0 Å². The summed E-state index contributed by atoms with van der Waals surface area (Å²) in [6.45, 7) is 2.18. The Kier molecular flexibility index (Phi) is 3.48. The number of rotatable bonds is 3. The SMILES string of the molecule is CC1(C(N)Cc2cc(F)cc(F)c2)CCCC1. The highest BCUT2D eigenvalue weighted by Gasteiger charge is 2.34. The molecular formula is C14H19F2N. The van der Waals surface area contributed by atoms with E-state index in [9.17, 15) is 8.78 Å². The van der Waals surface area contributed by atoms with Gasteiger partial charge in [-0.25, -0.2) is 8.78 Å². The van der Waals surface area contributed by atoms with Gasteiger partial charge in [-0.05, 0) is 42.4 Å². The van der Waals surface area contributed by atoms with Gasteiger partial charge in [0.15, 0.2) is 0 Å². The molecule has 0 spiro atoms. The van der Waals surface area contributed by atoms with Crippen LogP contribution < -0.4 is 5.73 Å². The van der Waals surface area contributed by atoms with Gasteiger partial charge in [0.05, 0.1) is 0 Å². The lowest BCUT2D eigenvalue weighted by Gasteiger charge is -2.31. The molecule has 1 atom stereocenters. The monoisotopic (exact) mass is 239 g/mol. The number of halogens is 2. The largest absolute Gasteiger partial charge is 0.327 e. The van der Waals surface area contributed by atoms with Crippen LogP contribution in [0.15, 0.2) is 18.2 Å². The van der Waals surface area contributed by atoms with Gasteiger partial charge in [-0.1, -0.05) is 19.8 Å². The second-order valence-electron chi connectivity index (χ2n) is 5.45. The Labute approximate surface area is 101 Å². The van der Waals surface area contributed by atoms with Gasteiger partial charge in [0.25, 0.3) is 0 Å². The van der Waals surface area contributed by atoms with Gasteiger partial charge in [0.2, 0.25) is 0 Å². The first-order valence-electron chi connectivity index (χ1n) is 6.20. The normalized spacial score (nSPS) is 20.5. The molecule has 1 nitrogen and oxygen atoms in total. The summed E-state index contributed by atoms with van der Waals surface area (Å²) in [6.07, 6.45) is 5.20. The molecule has 0 amide bonds. The van der Waals surface area contributed by atoms with Crippen molar-refractivity contribution >= 4 is 0 Å². The zero-order valence-corrected chi connectivity index (χ0v) is 10.2. The highest BCUT2D eigenvalue weighted by Crippen LogP contribution is 2.40. The van der Waals surface area contributed by atoms with Crippen molar-refractivity contribution < 1.29 is 8.78 Å². The average Bonchev–Trinajstić information content (AvgIpc) is 2.64. The van der Waals surface area contributed by atoms with Gasteiger partial charge in [0, 0.05) is 12.1 Å². The van der Waals surface area contributed by atoms with Crippen molar-refractivity contribution in [3.63, 3.8) is 0 Å². The molecule has 2 N–H and O–H groups in total. The summed E-state index contributed by atoms with van der Waals surface area (Å²) in [5.74, 6) is -1.05. The third-order valence-electron chi connectivity index (χ3n) is 4.02. The second kappa shape index (κ2) is 4.73. The van der Waals surface area contributed by atoms with Crippen LogP contribution in [0.1, 0.15) is 38.2 Å². The van der Waals surface area contributed by atoms with E-state index in [2.05, 4.69) is 6.92 Å². The van der Waals surface area contributed by atoms with E-state index in [1.54, 1.807) is 0 Å². The quantitative estimate of drug-likeness (QED) is 0.859. The summed E-state index contributed by atoms with van der Waals surface area (Å²) < 4.78 is 26.1. The first kappa shape index (κ1) is 12.5. The van der Waals surface area contributed by atoms with Gasteiger partial charge in [-0.15, -0.1) is 0 Å². The predicted octanol–water partition coefficient (Wildman–Crippen LogP) is 3.41. The summed E-state index contributed by atoms with van der Waals surface area (Å²) in [4.78, 5) is 0. The van der Waals surface area contributed by atoms with Crippen LogP contribution in [0.25, 0.3) is 0 Å². The van der Waals surface area contributed by atoms with E-state index in [1.165, 1.54) is 25.0 Å². The molecule has 0 heterocycles. The first-order valence-corrected chi connectivity index (χ1v) is 6.20. The molecule has 1 aromatic rings. The molecule has 94 valence electrons. The lowest BCUT2D eigenvalue weighted by atomic mass is 9.78. The molecule has 3 heteroatoms. The van der Waals surface area contributed by atoms with Crippen molar-refractivity contribution in [1.82, 2.24) is 0 Å². The zero-order valence-electron chi connectivity index (χ0n) is 10.2.